The van der Waals surface area contributed by atoms with Crippen molar-refractivity contribution in [3.63, 3.8) is 0 Å². The molecule has 33 heavy (non-hydrogen) atoms. The van der Waals surface area contributed by atoms with Gasteiger partial charge in [-0.3, -0.25) is 4.79 Å². The third-order valence-corrected chi connectivity index (χ3v) is 7.94. The van der Waals surface area contributed by atoms with Crippen molar-refractivity contribution in [3.8, 4) is 0 Å². The number of benzene rings is 2. The predicted molar refractivity (Wildman–Crippen MR) is 131 cm³/mol. The summed E-state index contributed by atoms with van der Waals surface area (Å²) in [6.45, 7) is 0. The summed E-state index contributed by atoms with van der Waals surface area (Å²) >= 11 is 1.92. The van der Waals surface area contributed by atoms with Crippen molar-refractivity contribution in [3.05, 3.63) is 66.0 Å². The third kappa shape index (κ3) is 5.16. The fraction of sp³-hybridized carbons (Fsp3) is 0.400. The molecular formula is C25H29N5O2S. The Labute approximate surface area is 197 Å². The molecule has 4 N–H and O–H groups in total. The first-order chi connectivity index (χ1) is 16.2. The van der Waals surface area contributed by atoms with E-state index >= 15 is 0 Å². The number of urea groups is 1. The monoisotopic (exact) mass is 463 g/mol. The van der Waals surface area contributed by atoms with Crippen LogP contribution in [0.3, 0.4) is 0 Å². The van der Waals surface area contributed by atoms with Crippen molar-refractivity contribution < 1.29 is 9.59 Å². The molecule has 5 rings (SSSR count). The smallest absolute Gasteiger partial charge is 0.315 e. The standard InChI is InChI=1S/C25H29N5O2S/c31-22(13-7-6-12-21-23-20(15-33-21)29-25(32)30-23)26-19(14-16-8-2-1-3-9-16)24-27-17-10-4-5-11-18(17)28-24/h1-5,8-11,19-21,23H,6-7,12-15H2,(H,26,31)(H,27,28)(H2,29,30,32). The van der Waals surface area contributed by atoms with Gasteiger partial charge in [-0.2, -0.15) is 11.8 Å². The molecule has 7 nitrogen and oxygen atoms in total. The Kier molecular flexibility index (Phi) is 6.53. The number of para-hydroxylation sites is 2. The number of imidazole rings is 1. The number of carbonyl (C=O) groups is 2. The summed E-state index contributed by atoms with van der Waals surface area (Å²) in [5.41, 5.74) is 3.03. The quantitative estimate of drug-likeness (QED) is 0.287. The number of hydrogen-bond acceptors (Lipinski definition) is 4. The van der Waals surface area contributed by atoms with Crippen LogP contribution < -0.4 is 16.0 Å². The number of rotatable bonds is 9. The Balaban J connectivity index is 1.17. The van der Waals surface area contributed by atoms with Crippen LogP contribution in [0.5, 0.6) is 0 Å². The van der Waals surface area contributed by atoms with Crippen LogP contribution in [-0.2, 0) is 11.2 Å². The minimum absolute atomic E-state index is 0.0455. The molecule has 0 radical (unpaired) electrons. The van der Waals surface area contributed by atoms with Gasteiger partial charge in [0.1, 0.15) is 5.82 Å². The number of nitrogens with zero attached hydrogens (tertiary/aromatic N) is 1. The second kappa shape index (κ2) is 9.87. The van der Waals surface area contributed by atoms with Gasteiger partial charge in [0.05, 0.1) is 29.2 Å². The highest BCUT2D eigenvalue weighted by Crippen LogP contribution is 2.33. The molecule has 0 spiro atoms. The molecule has 1 aromatic heterocycles. The molecule has 2 aliphatic rings. The van der Waals surface area contributed by atoms with Gasteiger partial charge in [0.15, 0.2) is 0 Å². The van der Waals surface area contributed by atoms with Crippen LogP contribution in [0.1, 0.15) is 43.1 Å². The molecule has 3 amide bonds. The number of carbonyl (C=O) groups excluding carboxylic acids is 2. The fourth-order valence-corrected chi connectivity index (χ4v) is 6.29. The van der Waals surface area contributed by atoms with Gasteiger partial charge >= 0.3 is 6.03 Å². The number of nitrogens with one attached hydrogen (secondary N) is 4. The van der Waals surface area contributed by atoms with E-state index in [0.29, 0.717) is 18.1 Å². The van der Waals surface area contributed by atoms with Crippen molar-refractivity contribution >= 4 is 34.7 Å². The van der Waals surface area contributed by atoms with Gasteiger partial charge in [-0.1, -0.05) is 48.9 Å². The average molecular weight is 464 g/mol. The minimum Gasteiger partial charge on any atom is -0.346 e. The van der Waals surface area contributed by atoms with Crippen LogP contribution in [-0.4, -0.2) is 45.0 Å². The lowest BCUT2D eigenvalue weighted by Gasteiger charge is -2.18. The zero-order valence-corrected chi connectivity index (χ0v) is 19.2. The molecule has 2 fully saturated rings. The van der Waals surface area contributed by atoms with E-state index < -0.39 is 0 Å². The van der Waals surface area contributed by atoms with Gasteiger partial charge in [-0.15, -0.1) is 0 Å². The second-order valence-electron chi connectivity index (χ2n) is 8.82. The van der Waals surface area contributed by atoms with Crippen molar-refractivity contribution in [2.75, 3.05) is 5.75 Å². The van der Waals surface area contributed by atoms with Crippen molar-refractivity contribution in [2.24, 2.45) is 0 Å². The van der Waals surface area contributed by atoms with E-state index in [4.69, 9.17) is 4.98 Å². The van der Waals surface area contributed by atoms with Crippen LogP contribution in [0, 0.1) is 0 Å². The summed E-state index contributed by atoms with van der Waals surface area (Å²) in [7, 11) is 0. The predicted octanol–water partition coefficient (Wildman–Crippen LogP) is 3.69. The Morgan fingerprint density at radius 3 is 2.76 bits per heavy atom. The van der Waals surface area contributed by atoms with Gasteiger partial charge < -0.3 is 20.9 Å². The highest BCUT2D eigenvalue weighted by atomic mass is 32.2. The lowest BCUT2D eigenvalue weighted by molar-refractivity contribution is -0.122. The van der Waals surface area contributed by atoms with Gasteiger partial charge in [-0.25, -0.2) is 9.78 Å². The van der Waals surface area contributed by atoms with Crippen molar-refractivity contribution in [1.29, 1.82) is 0 Å². The minimum atomic E-state index is -0.210. The van der Waals surface area contributed by atoms with E-state index in [1.165, 1.54) is 0 Å². The maximum atomic E-state index is 12.8. The van der Waals surface area contributed by atoms with Crippen molar-refractivity contribution in [1.82, 2.24) is 25.9 Å². The Bertz CT molecular complexity index is 1090. The van der Waals surface area contributed by atoms with Crippen LogP contribution in [0.4, 0.5) is 4.79 Å². The third-order valence-electron chi connectivity index (χ3n) is 6.44. The number of H-pyrrole nitrogens is 1. The van der Waals surface area contributed by atoms with Gasteiger partial charge in [0, 0.05) is 17.4 Å². The molecule has 2 saturated heterocycles. The van der Waals surface area contributed by atoms with Crippen LogP contribution in [0.2, 0.25) is 0 Å². The molecule has 2 aliphatic heterocycles. The Morgan fingerprint density at radius 2 is 1.91 bits per heavy atom. The summed E-state index contributed by atoms with van der Waals surface area (Å²) < 4.78 is 0. The first kappa shape index (κ1) is 21.8. The highest BCUT2D eigenvalue weighted by molar-refractivity contribution is 8.00. The number of aromatic nitrogens is 2. The summed E-state index contributed by atoms with van der Waals surface area (Å²) in [4.78, 5) is 32.5. The van der Waals surface area contributed by atoms with Crippen molar-refractivity contribution in [2.45, 2.75) is 55.5 Å². The van der Waals surface area contributed by atoms with E-state index in [1.54, 1.807) is 0 Å². The first-order valence-electron chi connectivity index (χ1n) is 11.6. The topological polar surface area (TPSA) is 98.9 Å². The van der Waals surface area contributed by atoms with Crippen LogP contribution in [0.25, 0.3) is 11.0 Å². The highest BCUT2D eigenvalue weighted by Gasteiger charge is 2.42. The number of fused-ring (bicyclic) bond motifs is 2. The molecule has 0 aliphatic carbocycles. The molecule has 0 bridgehead atoms. The van der Waals surface area contributed by atoms with E-state index in [9.17, 15) is 9.59 Å². The molecule has 0 saturated carbocycles. The number of unbranched alkanes of at least 4 members (excludes halogenated alkanes) is 1. The zero-order valence-electron chi connectivity index (χ0n) is 18.4. The van der Waals surface area contributed by atoms with E-state index in [0.717, 1.165) is 47.4 Å². The molecule has 3 aromatic rings. The van der Waals surface area contributed by atoms with E-state index in [-0.39, 0.29) is 30.1 Å². The molecule has 4 unspecified atom stereocenters. The van der Waals surface area contributed by atoms with Gasteiger partial charge in [0.2, 0.25) is 5.91 Å². The Hall–Kier alpha value is -3.00. The van der Waals surface area contributed by atoms with Crippen LogP contribution >= 0.6 is 11.8 Å². The fourth-order valence-electron chi connectivity index (χ4n) is 4.74. The van der Waals surface area contributed by atoms with E-state index in [1.807, 2.05) is 54.2 Å². The molecule has 2 aromatic carbocycles. The average Bonchev–Trinajstić information content (AvgIpc) is 3.51. The maximum absolute atomic E-state index is 12.8. The molecular weight excluding hydrogens is 434 g/mol. The SMILES string of the molecule is O=C(CCCCC1SCC2NC(=O)NC21)NC(Cc1ccccc1)c1nc2ccccc2[nH]1. The second-order valence-corrected chi connectivity index (χ2v) is 10.1. The van der Waals surface area contributed by atoms with Gasteiger partial charge in [-0.05, 0) is 37.0 Å². The maximum Gasteiger partial charge on any atom is 0.315 e. The summed E-state index contributed by atoms with van der Waals surface area (Å²) in [5, 5.41) is 9.65. The molecule has 4 atom stereocenters. The number of hydrogen-bond donors (Lipinski definition) is 4. The largest absolute Gasteiger partial charge is 0.346 e. The summed E-state index contributed by atoms with van der Waals surface area (Å²) in [6.07, 6.45) is 3.98. The first-order valence-corrected chi connectivity index (χ1v) is 12.7. The lowest BCUT2D eigenvalue weighted by atomic mass is 10.0. The number of aromatic amines is 1. The lowest BCUT2D eigenvalue weighted by Crippen LogP contribution is -2.36. The normalized spacial score (nSPS) is 22.5. The molecule has 172 valence electrons. The summed E-state index contributed by atoms with van der Waals surface area (Å²) in [6, 6.07) is 18.3. The zero-order chi connectivity index (χ0) is 22.6. The van der Waals surface area contributed by atoms with Crippen LogP contribution in [0.15, 0.2) is 54.6 Å². The number of thioether (sulfide) groups is 1. The Morgan fingerprint density at radius 1 is 1.09 bits per heavy atom. The summed E-state index contributed by atoms with van der Waals surface area (Å²) in [5.74, 6) is 1.79. The molecule has 8 heteroatoms. The van der Waals surface area contributed by atoms with E-state index in [2.05, 4.69) is 33.1 Å². The molecule has 3 heterocycles. The number of amides is 3. The van der Waals surface area contributed by atoms with Gasteiger partial charge in [0.25, 0.3) is 0 Å².